The minimum Gasteiger partial charge on any atom is -0.504 e. The highest BCUT2D eigenvalue weighted by molar-refractivity contribution is 5.96. The predicted octanol–water partition coefficient (Wildman–Crippen LogP) is 9.52. The summed E-state index contributed by atoms with van der Waals surface area (Å²) in [7, 11) is 16.6. The Morgan fingerprint density at radius 1 is 0.500 bits per heavy atom. The van der Waals surface area contributed by atoms with Crippen molar-refractivity contribution >= 4 is 42.0 Å². The number of hydrogen-bond donors (Lipinski definition) is 6. The highest BCUT2D eigenvalue weighted by Gasteiger charge is 2.58. The molecular weight excluding hydrogens is 1330 g/mol. The van der Waals surface area contributed by atoms with Gasteiger partial charge in [0.25, 0.3) is 11.8 Å². The van der Waals surface area contributed by atoms with Crippen LogP contribution in [-0.4, -0.2) is 204 Å². The van der Waals surface area contributed by atoms with Gasteiger partial charge in [0.15, 0.2) is 46.0 Å². The Bertz CT molecular complexity index is 4690. The molecule has 0 spiro atoms. The summed E-state index contributed by atoms with van der Waals surface area (Å²) in [5.74, 6) is 3.32. The van der Waals surface area contributed by atoms with E-state index < -0.39 is 30.2 Å². The summed E-state index contributed by atoms with van der Waals surface area (Å²) >= 11 is 0. The number of piperazine rings is 2. The van der Waals surface area contributed by atoms with E-state index in [1.54, 1.807) is 47.7 Å². The van der Waals surface area contributed by atoms with Gasteiger partial charge < -0.3 is 73.7 Å². The lowest BCUT2D eigenvalue weighted by Gasteiger charge is -2.60. The molecule has 4 bridgehead atoms. The number of methoxy groups -OCH3 is 8. The zero-order valence-electron chi connectivity index (χ0n) is 61.4. The number of pyridine rings is 2. The summed E-state index contributed by atoms with van der Waals surface area (Å²) in [4.78, 5) is 45.5. The number of fused-ring (bicyclic) bond motifs is 16. The SMILES string of the molecule is C1CCOC1.COc1c(C)c(OC)c2c(c1O)[C@@H]1[C@@H]3Cc4c(OC)c(C)c(OC)c(O)c4[C@H](CNC(=O)c4ccc5ccccc5n4)N3C(C#N)[C@H](C2)N1C.COc1c(C)c(OC)c2c(c1O)[C@@H]1[C@@H]3Cc4c(OC)c(C)c(OC)c(O)c4[C@H](CNC(=O)c4ccc5ccccc5n4)N3C[C@H](C2)N1C.[B]. The summed E-state index contributed by atoms with van der Waals surface area (Å²) in [5.41, 5.74) is 10.9. The fraction of sp³-hybridized carbons (Fsp3) is 0.430. The molecule has 3 radical (unpaired) electrons. The number of nitrogens with one attached hydrogen (secondary N) is 2. The number of phenols is 4. The average Bonchev–Trinajstić information content (AvgIpc) is 0.709. The van der Waals surface area contributed by atoms with Gasteiger partial charge in [-0.25, -0.2) is 9.97 Å². The third-order valence-electron chi connectivity index (χ3n) is 22.5. The molecule has 8 aromatic rings. The van der Waals surface area contributed by atoms with Gasteiger partial charge in [-0.1, -0.05) is 48.5 Å². The molecule has 3 saturated heterocycles. The van der Waals surface area contributed by atoms with Crippen molar-refractivity contribution in [3.05, 3.63) is 151 Å². The molecule has 2 aromatic heterocycles. The van der Waals surface area contributed by atoms with Crippen molar-refractivity contribution in [1.82, 2.24) is 40.2 Å². The quantitative estimate of drug-likeness (QED) is 0.0552. The molecule has 6 aromatic carbocycles. The van der Waals surface area contributed by atoms with Crippen LogP contribution in [0.25, 0.3) is 21.8 Å². The Kier molecular flexibility index (Phi) is 21.3. The summed E-state index contributed by atoms with van der Waals surface area (Å²) in [5, 5.41) is 66.3. The van der Waals surface area contributed by atoms with Crippen LogP contribution in [0.5, 0.6) is 69.0 Å². The molecule has 3 fully saturated rings. The maximum Gasteiger partial charge on any atom is 0.269 e. The molecular formula is C79H91BN9O15. The van der Waals surface area contributed by atoms with Crippen LogP contribution < -0.4 is 48.5 Å². The third kappa shape index (κ3) is 12.1. The zero-order chi connectivity index (χ0) is 73.1. The van der Waals surface area contributed by atoms with E-state index in [0.717, 1.165) is 68.6 Å². The number of likely N-dealkylation sites (N-methyl/N-ethyl adjacent to an activating group) is 2. The number of hydrogen-bond acceptors (Lipinski definition) is 22. The van der Waals surface area contributed by atoms with Crippen LogP contribution in [0.2, 0.25) is 0 Å². The molecule has 15 rings (SSSR count). The lowest BCUT2D eigenvalue weighted by molar-refractivity contribution is -0.0724. The monoisotopic (exact) mass is 1420 g/mol. The van der Waals surface area contributed by atoms with Crippen molar-refractivity contribution in [2.75, 3.05) is 104 Å². The minimum atomic E-state index is -0.683. The van der Waals surface area contributed by atoms with E-state index >= 15 is 0 Å². The molecule has 0 aliphatic carbocycles. The molecule has 25 heteroatoms. The normalized spacial score (nSPS) is 21.9. The third-order valence-corrected chi connectivity index (χ3v) is 22.5. The van der Waals surface area contributed by atoms with E-state index in [2.05, 4.69) is 53.3 Å². The number of nitriles is 1. The first-order valence-corrected chi connectivity index (χ1v) is 34.8. The lowest BCUT2D eigenvalue weighted by atomic mass is 9.71. The van der Waals surface area contributed by atoms with Crippen LogP contribution in [0.4, 0.5) is 0 Å². The molecule has 0 saturated carbocycles. The lowest BCUT2D eigenvalue weighted by Crippen LogP contribution is -2.68. The van der Waals surface area contributed by atoms with Crippen LogP contribution in [0.1, 0.15) is 125 Å². The molecule has 9 heterocycles. The van der Waals surface area contributed by atoms with Gasteiger partial charge >= 0.3 is 0 Å². The summed E-state index contributed by atoms with van der Waals surface area (Å²) in [6.45, 7) is 10.3. The summed E-state index contributed by atoms with van der Waals surface area (Å²) in [6.07, 6.45) is 4.51. The molecule has 545 valence electrons. The second kappa shape index (κ2) is 30.0. The highest BCUT2D eigenvalue weighted by Crippen LogP contribution is 2.61. The number of nitrogens with zero attached hydrogens (tertiary/aromatic N) is 7. The van der Waals surface area contributed by atoms with Crippen molar-refractivity contribution in [2.24, 2.45) is 0 Å². The molecule has 9 atom stereocenters. The average molecular weight is 1420 g/mol. The van der Waals surface area contributed by atoms with E-state index in [1.807, 2.05) is 95.4 Å². The Balaban J connectivity index is 0.000000182. The number of aromatic hydroxyl groups is 4. The molecule has 1 unspecified atom stereocenters. The fourth-order valence-corrected chi connectivity index (χ4v) is 18.0. The Morgan fingerprint density at radius 2 is 0.875 bits per heavy atom. The van der Waals surface area contributed by atoms with E-state index in [-0.39, 0.29) is 91.9 Å². The topological polar surface area (TPSA) is 285 Å². The number of aromatic nitrogens is 2. The van der Waals surface area contributed by atoms with Crippen LogP contribution in [0.3, 0.4) is 0 Å². The Hall–Kier alpha value is -9.97. The van der Waals surface area contributed by atoms with Gasteiger partial charge in [0.1, 0.15) is 40.4 Å². The van der Waals surface area contributed by atoms with Gasteiger partial charge in [0.2, 0.25) is 0 Å². The van der Waals surface area contributed by atoms with Crippen LogP contribution in [0.15, 0.2) is 72.8 Å². The number of para-hydroxylation sites is 2. The smallest absolute Gasteiger partial charge is 0.269 e. The van der Waals surface area contributed by atoms with Crippen LogP contribution in [0, 0.1) is 39.0 Å². The number of rotatable bonds is 14. The van der Waals surface area contributed by atoms with Crippen molar-refractivity contribution in [1.29, 1.82) is 5.26 Å². The zero-order valence-corrected chi connectivity index (χ0v) is 61.4. The molecule has 24 nitrogen and oxygen atoms in total. The molecule has 7 aliphatic heterocycles. The van der Waals surface area contributed by atoms with E-state index in [1.165, 1.54) is 34.2 Å². The Labute approximate surface area is 607 Å². The van der Waals surface area contributed by atoms with E-state index in [4.69, 9.17) is 42.6 Å². The second-order valence-electron chi connectivity index (χ2n) is 27.4. The fourth-order valence-electron chi connectivity index (χ4n) is 18.0. The maximum absolute atomic E-state index is 13.7. The van der Waals surface area contributed by atoms with Gasteiger partial charge in [0, 0.05) is 143 Å². The standard InChI is InChI=1S/C38H41N5O7.C37H42N4O7.C4H8O.B/c1-18-34(47-4)21-15-26-31-30-22(35(48-5)19(2)37(50-7)33(30)45)14-25(42(31)3)27(16-39)43(26)28(29(21)32(44)36(18)49-6)17-40-38(46)24-13-12-20-10-8-9-11-23(20)41-24;1-18-33(45-4)22-14-21-17-41-26(30(40(21)3)29(22)32(43)36(18)48-7)15-23-28(31(42)35(47-6)19(2)34(23)46-5)27(41)16-38-37(44)25-13-12-20-10-8-9-11-24(20)39-25;1-2-4-5-3-1;/h8-13,25-28,31,44-45H,14-15,17H2,1-7H3,(H,40,46);8-13,21,26-27,30,42-43H,14-17H2,1-7H3,(H,38,44);1-4H2;/t25-,26-,27?,28-,31-;21-,26-,27-,30-;;/m00../s1. The summed E-state index contributed by atoms with van der Waals surface area (Å²) < 4.78 is 51.6. The molecule has 6 N–H and O–H groups in total. The predicted molar refractivity (Wildman–Crippen MR) is 392 cm³/mol. The number of ether oxygens (including phenoxy) is 9. The largest absolute Gasteiger partial charge is 0.504 e. The van der Waals surface area contributed by atoms with Gasteiger partial charge in [-0.2, -0.15) is 5.26 Å². The van der Waals surface area contributed by atoms with E-state index in [9.17, 15) is 35.3 Å². The minimum absolute atomic E-state index is 0. The van der Waals surface area contributed by atoms with Crippen molar-refractivity contribution in [2.45, 2.75) is 121 Å². The van der Waals surface area contributed by atoms with E-state index in [0.29, 0.717) is 111 Å². The van der Waals surface area contributed by atoms with Crippen molar-refractivity contribution < 1.29 is 72.6 Å². The molecule has 7 aliphatic rings. The first kappa shape index (κ1) is 73.8. The number of phenolic OH excluding ortho intramolecular Hbond substituents is 4. The van der Waals surface area contributed by atoms with Gasteiger partial charge in [-0.05, 0) is 105 Å². The number of amides is 2. The highest BCUT2D eigenvalue weighted by atomic mass is 16.5. The molecule has 104 heavy (non-hydrogen) atoms. The van der Waals surface area contributed by atoms with Gasteiger partial charge in [0.05, 0.1) is 98.1 Å². The summed E-state index contributed by atoms with van der Waals surface area (Å²) in [6, 6.07) is 21.7. The maximum atomic E-state index is 13.7. The van der Waals surface area contributed by atoms with Gasteiger partial charge in [-0.15, -0.1) is 0 Å². The number of carbonyl (C=O) groups is 2. The Morgan fingerprint density at radius 3 is 1.30 bits per heavy atom. The second-order valence-corrected chi connectivity index (χ2v) is 27.4. The van der Waals surface area contributed by atoms with Crippen LogP contribution in [-0.2, 0) is 30.4 Å². The van der Waals surface area contributed by atoms with Crippen LogP contribution >= 0.6 is 0 Å². The van der Waals surface area contributed by atoms with Gasteiger partial charge in [-0.3, -0.25) is 29.2 Å². The molecule has 2 amide bonds. The first-order valence-electron chi connectivity index (χ1n) is 34.8. The number of carbonyl (C=O) groups excluding carboxylic acids is 2. The number of benzene rings is 6. The first-order chi connectivity index (χ1) is 49.7. The van der Waals surface area contributed by atoms with Crippen molar-refractivity contribution in [3.63, 3.8) is 0 Å². The van der Waals surface area contributed by atoms with Crippen molar-refractivity contribution in [3.8, 4) is 75.1 Å².